The van der Waals surface area contributed by atoms with E-state index in [1.807, 2.05) is 30.3 Å². The Kier molecular flexibility index (Phi) is 6.47. The first-order valence-electron chi connectivity index (χ1n) is 8.61. The standard InChI is InChI=1S/C21H18Cl2N2O3S/c1-29(27,28)25(14-15-5-3-2-4-6-15)20-9-7-16(8-10-20)21(26)24-19-12-17(22)11-18(23)13-19/h2-13H,14H2,1H3,(H,24,26). The molecule has 0 saturated carbocycles. The number of carbonyl (C=O) groups excluding carboxylic acids is 1. The molecule has 5 nitrogen and oxygen atoms in total. The highest BCUT2D eigenvalue weighted by atomic mass is 35.5. The second kappa shape index (κ2) is 8.86. The number of hydrogen-bond donors (Lipinski definition) is 1. The molecule has 8 heteroatoms. The van der Waals surface area contributed by atoms with Crippen LogP contribution in [0.3, 0.4) is 0 Å². The molecule has 150 valence electrons. The maximum Gasteiger partial charge on any atom is 0.255 e. The second-order valence-electron chi connectivity index (χ2n) is 6.41. The van der Waals surface area contributed by atoms with Gasteiger partial charge in [-0.15, -0.1) is 0 Å². The lowest BCUT2D eigenvalue weighted by molar-refractivity contribution is 0.102. The van der Waals surface area contributed by atoms with Crippen molar-refractivity contribution in [2.24, 2.45) is 0 Å². The summed E-state index contributed by atoms with van der Waals surface area (Å²) in [6, 6.07) is 20.4. The van der Waals surface area contributed by atoms with E-state index in [1.165, 1.54) is 4.31 Å². The molecule has 0 aliphatic heterocycles. The second-order valence-corrected chi connectivity index (χ2v) is 9.19. The summed E-state index contributed by atoms with van der Waals surface area (Å²) >= 11 is 11.9. The van der Waals surface area contributed by atoms with Gasteiger partial charge in [-0.05, 0) is 48.0 Å². The Morgan fingerprint density at radius 2 is 1.52 bits per heavy atom. The molecule has 3 aromatic rings. The fraction of sp³-hybridized carbons (Fsp3) is 0.0952. The molecule has 0 atom stereocenters. The van der Waals surface area contributed by atoms with Crippen LogP contribution in [0.4, 0.5) is 11.4 Å². The number of amides is 1. The van der Waals surface area contributed by atoms with Crippen molar-refractivity contribution >= 4 is 50.5 Å². The van der Waals surface area contributed by atoms with Gasteiger partial charge in [-0.1, -0.05) is 53.5 Å². The number of nitrogens with one attached hydrogen (secondary N) is 1. The number of halogens is 2. The van der Waals surface area contributed by atoms with Gasteiger partial charge in [0, 0.05) is 21.3 Å². The van der Waals surface area contributed by atoms with E-state index in [0.29, 0.717) is 27.0 Å². The van der Waals surface area contributed by atoms with Crippen LogP contribution < -0.4 is 9.62 Å². The number of hydrogen-bond acceptors (Lipinski definition) is 3. The lowest BCUT2D eigenvalue weighted by Crippen LogP contribution is -2.29. The molecule has 29 heavy (non-hydrogen) atoms. The molecule has 0 aliphatic rings. The van der Waals surface area contributed by atoms with E-state index in [9.17, 15) is 13.2 Å². The van der Waals surface area contributed by atoms with E-state index in [2.05, 4.69) is 5.32 Å². The summed E-state index contributed by atoms with van der Waals surface area (Å²) in [6.45, 7) is 0.201. The lowest BCUT2D eigenvalue weighted by Gasteiger charge is -2.22. The minimum atomic E-state index is -3.50. The molecule has 1 amide bonds. The van der Waals surface area contributed by atoms with Crippen LogP contribution in [-0.4, -0.2) is 20.6 Å². The van der Waals surface area contributed by atoms with Crippen molar-refractivity contribution in [2.45, 2.75) is 6.54 Å². The largest absolute Gasteiger partial charge is 0.322 e. The van der Waals surface area contributed by atoms with Gasteiger partial charge in [0.05, 0.1) is 18.5 Å². The van der Waals surface area contributed by atoms with Crippen molar-refractivity contribution in [3.63, 3.8) is 0 Å². The molecular formula is C21H18Cl2N2O3S. The van der Waals surface area contributed by atoms with Gasteiger partial charge in [0.15, 0.2) is 0 Å². The Balaban J connectivity index is 1.80. The molecule has 0 aromatic heterocycles. The van der Waals surface area contributed by atoms with Crippen LogP contribution in [0.15, 0.2) is 72.8 Å². The van der Waals surface area contributed by atoms with Crippen molar-refractivity contribution in [1.29, 1.82) is 0 Å². The summed E-state index contributed by atoms with van der Waals surface area (Å²) in [5.74, 6) is -0.358. The van der Waals surface area contributed by atoms with Crippen molar-refractivity contribution < 1.29 is 13.2 Å². The summed E-state index contributed by atoms with van der Waals surface area (Å²) in [6.07, 6.45) is 1.15. The Hall–Kier alpha value is -2.54. The number of carbonyl (C=O) groups is 1. The third kappa shape index (κ3) is 5.73. The quantitative estimate of drug-likeness (QED) is 0.562. The van der Waals surface area contributed by atoms with Gasteiger partial charge in [0.25, 0.3) is 5.91 Å². The molecule has 0 fully saturated rings. The molecule has 0 spiro atoms. The van der Waals surface area contributed by atoms with E-state index >= 15 is 0 Å². The first-order chi connectivity index (χ1) is 13.7. The number of anilines is 2. The Morgan fingerprint density at radius 3 is 2.07 bits per heavy atom. The fourth-order valence-electron chi connectivity index (χ4n) is 2.76. The third-order valence-electron chi connectivity index (χ3n) is 4.11. The first-order valence-corrected chi connectivity index (χ1v) is 11.2. The topological polar surface area (TPSA) is 66.5 Å². The normalized spacial score (nSPS) is 11.1. The van der Waals surface area contributed by atoms with Crippen molar-refractivity contribution in [3.8, 4) is 0 Å². The van der Waals surface area contributed by atoms with Gasteiger partial charge >= 0.3 is 0 Å². The van der Waals surface area contributed by atoms with E-state index in [1.54, 1.807) is 42.5 Å². The van der Waals surface area contributed by atoms with Crippen molar-refractivity contribution in [3.05, 3.63) is 94.0 Å². The molecule has 0 heterocycles. The summed E-state index contributed by atoms with van der Waals surface area (Å²) in [5.41, 5.74) is 2.17. The SMILES string of the molecule is CS(=O)(=O)N(Cc1ccccc1)c1ccc(C(=O)Nc2cc(Cl)cc(Cl)c2)cc1. The summed E-state index contributed by atoms with van der Waals surface area (Å²) in [7, 11) is -3.50. The van der Waals surface area contributed by atoms with Crippen molar-refractivity contribution in [1.82, 2.24) is 0 Å². The Bertz CT molecular complexity index is 1100. The van der Waals surface area contributed by atoms with Crippen LogP contribution in [0.1, 0.15) is 15.9 Å². The van der Waals surface area contributed by atoms with Crippen LogP contribution >= 0.6 is 23.2 Å². The predicted octanol–water partition coefficient (Wildman–Crippen LogP) is 5.21. The van der Waals surface area contributed by atoms with Crippen LogP contribution in [0.5, 0.6) is 0 Å². The predicted molar refractivity (Wildman–Crippen MR) is 118 cm³/mol. The monoisotopic (exact) mass is 448 g/mol. The van der Waals surface area contributed by atoms with E-state index in [-0.39, 0.29) is 12.5 Å². The summed E-state index contributed by atoms with van der Waals surface area (Å²) < 4.78 is 25.9. The van der Waals surface area contributed by atoms with Crippen LogP contribution in [0.2, 0.25) is 10.0 Å². The van der Waals surface area contributed by atoms with Gasteiger partial charge in [-0.25, -0.2) is 8.42 Å². The smallest absolute Gasteiger partial charge is 0.255 e. The summed E-state index contributed by atoms with van der Waals surface area (Å²) in [5, 5.41) is 3.54. The summed E-state index contributed by atoms with van der Waals surface area (Å²) in [4.78, 5) is 12.5. The van der Waals surface area contributed by atoms with Gasteiger partial charge in [0.1, 0.15) is 0 Å². The lowest BCUT2D eigenvalue weighted by atomic mass is 10.1. The Labute approximate surface area is 179 Å². The van der Waals surface area contributed by atoms with Gasteiger partial charge in [-0.2, -0.15) is 0 Å². The van der Waals surface area contributed by atoms with E-state index in [4.69, 9.17) is 23.2 Å². The van der Waals surface area contributed by atoms with Crippen LogP contribution in [0, 0.1) is 0 Å². The number of nitrogens with zero attached hydrogens (tertiary/aromatic N) is 1. The Morgan fingerprint density at radius 1 is 0.931 bits per heavy atom. The molecule has 3 rings (SSSR count). The van der Waals surface area contributed by atoms with E-state index in [0.717, 1.165) is 11.8 Å². The molecule has 0 aliphatic carbocycles. The highest BCUT2D eigenvalue weighted by Gasteiger charge is 2.18. The molecular weight excluding hydrogens is 431 g/mol. The molecule has 0 unspecified atom stereocenters. The fourth-order valence-corrected chi connectivity index (χ4v) is 4.17. The highest BCUT2D eigenvalue weighted by molar-refractivity contribution is 7.92. The number of rotatable bonds is 6. The van der Waals surface area contributed by atoms with Gasteiger partial charge in [0.2, 0.25) is 10.0 Å². The maximum absolute atomic E-state index is 12.5. The molecule has 0 bridgehead atoms. The minimum Gasteiger partial charge on any atom is -0.322 e. The average Bonchev–Trinajstić information content (AvgIpc) is 2.65. The molecule has 0 saturated heterocycles. The van der Waals surface area contributed by atoms with E-state index < -0.39 is 10.0 Å². The molecule has 1 N–H and O–H groups in total. The number of sulfonamides is 1. The molecule has 3 aromatic carbocycles. The third-order valence-corrected chi connectivity index (χ3v) is 5.68. The van der Waals surface area contributed by atoms with Crippen LogP contribution in [-0.2, 0) is 16.6 Å². The zero-order chi connectivity index (χ0) is 21.0. The highest BCUT2D eigenvalue weighted by Crippen LogP contribution is 2.24. The minimum absolute atomic E-state index is 0.201. The maximum atomic E-state index is 12.5. The first kappa shape index (κ1) is 21.2. The zero-order valence-electron chi connectivity index (χ0n) is 15.5. The van der Waals surface area contributed by atoms with Crippen molar-refractivity contribution in [2.75, 3.05) is 15.9 Å². The van der Waals surface area contributed by atoms with Gasteiger partial charge < -0.3 is 5.32 Å². The molecule has 0 radical (unpaired) electrons. The number of benzene rings is 3. The van der Waals surface area contributed by atoms with Gasteiger partial charge in [-0.3, -0.25) is 9.10 Å². The average molecular weight is 449 g/mol. The zero-order valence-corrected chi connectivity index (χ0v) is 17.8. The van der Waals surface area contributed by atoms with Crippen LogP contribution in [0.25, 0.3) is 0 Å².